The maximum atomic E-state index is 5.74. The molecule has 2 nitrogen and oxygen atoms in total. The molecular formula is C16H17Br2NO. The van der Waals surface area contributed by atoms with Crippen molar-refractivity contribution in [2.45, 2.75) is 19.9 Å². The molecule has 0 saturated carbocycles. The summed E-state index contributed by atoms with van der Waals surface area (Å²) in [4.78, 5) is 0. The smallest absolute Gasteiger partial charge is 0.142 e. The number of nitrogens with one attached hydrogen (secondary N) is 1. The predicted octanol–water partition coefficient (Wildman–Crippen LogP) is 5.61. The van der Waals surface area contributed by atoms with Gasteiger partial charge in [-0.05, 0) is 68.1 Å². The molecule has 0 aromatic heterocycles. The number of rotatable bonds is 6. The Kier molecular flexibility index (Phi) is 5.92. The van der Waals surface area contributed by atoms with Crippen molar-refractivity contribution in [1.82, 2.24) is 0 Å². The average Bonchev–Trinajstić information content (AvgIpc) is 2.47. The lowest BCUT2D eigenvalue weighted by atomic mass is 10.2. The zero-order valence-corrected chi connectivity index (χ0v) is 14.5. The van der Waals surface area contributed by atoms with Crippen LogP contribution in [0.5, 0.6) is 5.75 Å². The molecule has 1 N–H and O–H groups in total. The minimum Gasteiger partial charge on any atom is -0.491 e. The minimum absolute atomic E-state index is 0.739. The average molecular weight is 399 g/mol. The molecule has 0 radical (unpaired) electrons. The summed E-state index contributed by atoms with van der Waals surface area (Å²) in [6, 6.07) is 14.3. The summed E-state index contributed by atoms with van der Waals surface area (Å²) in [5.74, 6) is 0.908. The minimum atomic E-state index is 0.739. The van der Waals surface area contributed by atoms with Crippen molar-refractivity contribution in [2.24, 2.45) is 0 Å². The lowest BCUT2D eigenvalue weighted by Gasteiger charge is -2.13. The molecule has 0 spiro atoms. The van der Waals surface area contributed by atoms with Gasteiger partial charge in [0, 0.05) is 15.5 Å². The van der Waals surface area contributed by atoms with Crippen molar-refractivity contribution < 1.29 is 4.74 Å². The second-order valence-electron chi connectivity index (χ2n) is 4.45. The number of ether oxygens (including phenoxy) is 1. The van der Waals surface area contributed by atoms with E-state index >= 15 is 0 Å². The SMILES string of the molecule is CCCOc1ccccc1NCc1ccc(Br)c(Br)c1. The van der Waals surface area contributed by atoms with Crippen molar-refractivity contribution in [2.75, 3.05) is 11.9 Å². The predicted molar refractivity (Wildman–Crippen MR) is 91.4 cm³/mol. The van der Waals surface area contributed by atoms with Gasteiger partial charge in [0.2, 0.25) is 0 Å². The Morgan fingerprint density at radius 2 is 1.85 bits per heavy atom. The molecule has 0 bridgehead atoms. The molecule has 0 saturated heterocycles. The van der Waals surface area contributed by atoms with Crippen molar-refractivity contribution in [1.29, 1.82) is 0 Å². The fraction of sp³-hybridized carbons (Fsp3) is 0.250. The molecule has 0 atom stereocenters. The van der Waals surface area contributed by atoms with Crippen molar-refractivity contribution in [3.63, 3.8) is 0 Å². The molecule has 0 aliphatic heterocycles. The van der Waals surface area contributed by atoms with Crippen LogP contribution in [0.4, 0.5) is 5.69 Å². The monoisotopic (exact) mass is 397 g/mol. The van der Waals surface area contributed by atoms with Gasteiger partial charge in [0.25, 0.3) is 0 Å². The first-order valence-electron chi connectivity index (χ1n) is 6.60. The fourth-order valence-corrected chi connectivity index (χ4v) is 2.47. The standard InChI is InChI=1S/C16H17Br2NO/c1-2-9-20-16-6-4-3-5-15(16)19-11-12-7-8-13(17)14(18)10-12/h3-8,10,19H,2,9,11H2,1H3. The van der Waals surface area contributed by atoms with Crippen molar-refractivity contribution in [3.8, 4) is 5.75 Å². The zero-order chi connectivity index (χ0) is 14.4. The summed E-state index contributed by atoms with van der Waals surface area (Å²) >= 11 is 7.00. The number of para-hydroxylation sites is 2. The summed E-state index contributed by atoms with van der Waals surface area (Å²) in [6.45, 7) is 3.61. The van der Waals surface area contributed by atoms with Gasteiger partial charge in [-0.15, -0.1) is 0 Å². The van der Waals surface area contributed by atoms with Crippen LogP contribution in [0.1, 0.15) is 18.9 Å². The Morgan fingerprint density at radius 1 is 1.05 bits per heavy atom. The van der Waals surface area contributed by atoms with Crippen LogP contribution < -0.4 is 10.1 Å². The van der Waals surface area contributed by atoms with Gasteiger partial charge in [0.05, 0.1) is 12.3 Å². The highest BCUT2D eigenvalue weighted by Gasteiger charge is 2.03. The largest absolute Gasteiger partial charge is 0.491 e. The highest BCUT2D eigenvalue weighted by atomic mass is 79.9. The van der Waals surface area contributed by atoms with Gasteiger partial charge in [-0.2, -0.15) is 0 Å². The number of hydrogen-bond donors (Lipinski definition) is 1. The molecule has 2 aromatic carbocycles. The first-order valence-corrected chi connectivity index (χ1v) is 8.19. The zero-order valence-electron chi connectivity index (χ0n) is 11.3. The molecule has 2 aromatic rings. The first kappa shape index (κ1) is 15.4. The van der Waals surface area contributed by atoms with E-state index in [1.54, 1.807) is 0 Å². The van der Waals surface area contributed by atoms with Crippen LogP contribution in [0, 0.1) is 0 Å². The second kappa shape index (κ2) is 7.70. The molecule has 0 amide bonds. The molecule has 20 heavy (non-hydrogen) atoms. The molecule has 2 rings (SSSR count). The third-order valence-electron chi connectivity index (χ3n) is 2.82. The Bertz CT molecular complexity index is 572. The third-order valence-corrected chi connectivity index (χ3v) is 4.70. The van der Waals surface area contributed by atoms with E-state index in [0.29, 0.717) is 0 Å². The molecule has 0 unspecified atom stereocenters. The van der Waals surface area contributed by atoms with Crippen LogP contribution in [0.15, 0.2) is 51.4 Å². The van der Waals surface area contributed by atoms with Crippen LogP contribution >= 0.6 is 31.9 Å². The maximum Gasteiger partial charge on any atom is 0.142 e. The number of halogens is 2. The van der Waals surface area contributed by atoms with E-state index in [1.165, 1.54) is 5.56 Å². The number of benzene rings is 2. The lowest BCUT2D eigenvalue weighted by Crippen LogP contribution is -2.03. The summed E-state index contributed by atoms with van der Waals surface area (Å²) in [5, 5.41) is 3.42. The van der Waals surface area contributed by atoms with E-state index < -0.39 is 0 Å². The topological polar surface area (TPSA) is 21.3 Å². The van der Waals surface area contributed by atoms with Crippen LogP contribution in [-0.2, 0) is 6.54 Å². The summed E-state index contributed by atoms with van der Waals surface area (Å²) in [6.07, 6.45) is 1.01. The van der Waals surface area contributed by atoms with E-state index in [0.717, 1.165) is 40.0 Å². The Labute approximate surface area is 136 Å². The fourth-order valence-electron chi connectivity index (χ4n) is 1.80. The van der Waals surface area contributed by atoms with Gasteiger partial charge in [-0.3, -0.25) is 0 Å². The van der Waals surface area contributed by atoms with Gasteiger partial charge in [0.15, 0.2) is 0 Å². The van der Waals surface area contributed by atoms with E-state index in [-0.39, 0.29) is 0 Å². The van der Waals surface area contributed by atoms with Crippen molar-refractivity contribution >= 4 is 37.5 Å². The van der Waals surface area contributed by atoms with Gasteiger partial charge >= 0.3 is 0 Å². The molecule has 4 heteroatoms. The second-order valence-corrected chi connectivity index (χ2v) is 6.16. The molecule has 106 valence electrons. The first-order chi connectivity index (χ1) is 9.70. The summed E-state index contributed by atoms with van der Waals surface area (Å²) < 4.78 is 7.86. The van der Waals surface area contributed by atoms with E-state index in [1.807, 2.05) is 30.3 Å². The van der Waals surface area contributed by atoms with Crippen LogP contribution in [0.2, 0.25) is 0 Å². The van der Waals surface area contributed by atoms with Crippen LogP contribution in [-0.4, -0.2) is 6.61 Å². The molecule has 0 heterocycles. The highest BCUT2D eigenvalue weighted by molar-refractivity contribution is 9.13. The normalized spacial score (nSPS) is 10.3. The van der Waals surface area contributed by atoms with Crippen molar-refractivity contribution in [3.05, 3.63) is 57.0 Å². The number of hydrogen-bond acceptors (Lipinski definition) is 2. The Morgan fingerprint density at radius 3 is 2.60 bits per heavy atom. The van der Waals surface area contributed by atoms with Gasteiger partial charge < -0.3 is 10.1 Å². The van der Waals surface area contributed by atoms with Gasteiger partial charge in [0.1, 0.15) is 5.75 Å². The molecule has 0 aliphatic rings. The van der Waals surface area contributed by atoms with E-state index in [4.69, 9.17) is 4.74 Å². The Balaban J connectivity index is 2.04. The quantitative estimate of drug-likeness (QED) is 0.682. The Hall–Kier alpha value is -1.000. The lowest BCUT2D eigenvalue weighted by molar-refractivity contribution is 0.319. The van der Waals surface area contributed by atoms with Crippen LogP contribution in [0.25, 0.3) is 0 Å². The maximum absolute atomic E-state index is 5.74. The van der Waals surface area contributed by atoms with E-state index in [9.17, 15) is 0 Å². The third kappa shape index (κ3) is 4.25. The highest BCUT2D eigenvalue weighted by Crippen LogP contribution is 2.26. The van der Waals surface area contributed by atoms with Gasteiger partial charge in [-0.25, -0.2) is 0 Å². The summed E-state index contributed by atoms with van der Waals surface area (Å²) in [7, 11) is 0. The van der Waals surface area contributed by atoms with Crippen LogP contribution in [0.3, 0.4) is 0 Å². The molecule has 0 aliphatic carbocycles. The molecular weight excluding hydrogens is 382 g/mol. The number of anilines is 1. The van der Waals surface area contributed by atoms with Gasteiger partial charge in [-0.1, -0.05) is 25.1 Å². The molecule has 0 fully saturated rings. The van der Waals surface area contributed by atoms with E-state index in [2.05, 4.69) is 56.2 Å². The summed E-state index contributed by atoms with van der Waals surface area (Å²) in [5.41, 5.74) is 2.24.